The van der Waals surface area contributed by atoms with Crippen LogP contribution in [0.2, 0.25) is 0 Å². The average molecular weight is 407 g/mol. The number of imidazole rings is 1. The molecule has 0 aliphatic heterocycles. The maximum Gasteiger partial charge on any atom is 0.254 e. The maximum atomic E-state index is 5.28. The summed E-state index contributed by atoms with van der Waals surface area (Å²) in [6.07, 6.45) is 8.53. The largest absolute Gasteiger partial charge is 0.472 e. The Kier molecular flexibility index (Phi) is 3.46. The number of halogens is 1. The molecule has 0 spiro atoms. The predicted molar refractivity (Wildman–Crippen MR) is 99.3 cm³/mol. The third-order valence-electron chi connectivity index (χ3n) is 4.12. The van der Waals surface area contributed by atoms with Crippen molar-refractivity contribution in [2.24, 2.45) is 0 Å². The first-order chi connectivity index (χ1) is 12.8. The molecule has 0 unspecified atom stereocenters. The van der Waals surface area contributed by atoms with Crippen molar-refractivity contribution in [3.8, 4) is 33.8 Å². The lowest BCUT2D eigenvalue weighted by molar-refractivity contribution is 0.567. The zero-order valence-corrected chi connectivity index (χ0v) is 14.9. The monoisotopic (exact) mass is 406 g/mol. The van der Waals surface area contributed by atoms with Gasteiger partial charge in [0.25, 0.3) is 5.78 Å². The van der Waals surface area contributed by atoms with Crippen molar-refractivity contribution in [1.29, 1.82) is 0 Å². The summed E-state index contributed by atoms with van der Waals surface area (Å²) in [6, 6.07) is 11.7. The molecule has 0 N–H and O–H groups in total. The van der Waals surface area contributed by atoms with Crippen LogP contribution in [0.5, 0.6) is 0 Å². The maximum absolute atomic E-state index is 5.28. The third-order valence-corrected chi connectivity index (χ3v) is 4.65. The lowest BCUT2D eigenvalue weighted by Crippen LogP contribution is -2.00. The van der Waals surface area contributed by atoms with Gasteiger partial charge in [-0.1, -0.05) is 28.1 Å². The van der Waals surface area contributed by atoms with E-state index in [0.29, 0.717) is 11.5 Å². The molecule has 0 aliphatic carbocycles. The molecule has 0 radical (unpaired) electrons. The van der Waals surface area contributed by atoms with Crippen LogP contribution >= 0.6 is 15.9 Å². The van der Waals surface area contributed by atoms with Gasteiger partial charge in [0.15, 0.2) is 0 Å². The summed E-state index contributed by atoms with van der Waals surface area (Å²) in [5.74, 6) is 0.520. The van der Waals surface area contributed by atoms with E-state index in [-0.39, 0.29) is 0 Å². The van der Waals surface area contributed by atoms with Crippen molar-refractivity contribution in [2.45, 2.75) is 0 Å². The van der Waals surface area contributed by atoms with Crippen LogP contribution in [0.4, 0.5) is 0 Å². The number of fused-ring (bicyclic) bond motifs is 1. The SMILES string of the molecule is Brc1ccc(-c2cn3c(-c4ccoc4)c(-c4ccoc4)nnc3n2)cc1. The van der Waals surface area contributed by atoms with Crippen molar-refractivity contribution >= 4 is 21.7 Å². The van der Waals surface area contributed by atoms with Gasteiger partial charge >= 0.3 is 0 Å². The Hall–Kier alpha value is -3.19. The minimum atomic E-state index is 0.520. The fourth-order valence-corrected chi connectivity index (χ4v) is 3.15. The molecule has 126 valence electrons. The molecule has 4 heterocycles. The number of hydrogen-bond donors (Lipinski definition) is 0. The Morgan fingerprint density at radius 1 is 0.808 bits per heavy atom. The first kappa shape index (κ1) is 15.1. The Morgan fingerprint density at radius 3 is 2.23 bits per heavy atom. The van der Waals surface area contributed by atoms with E-state index in [1.807, 2.05) is 47.0 Å². The lowest BCUT2D eigenvalue weighted by atomic mass is 10.1. The molecule has 4 aromatic heterocycles. The number of hydrogen-bond acceptors (Lipinski definition) is 5. The summed E-state index contributed by atoms with van der Waals surface area (Å²) < 4.78 is 13.5. The van der Waals surface area contributed by atoms with E-state index in [1.165, 1.54) is 0 Å². The van der Waals surface area contributed by atoms with Gasteiger partial charge in [-0.2, -0.15) is 0 Å². The molecule has 0 saturated carbocycles. The van der Waals surface area contributed by atoms with Gasteiger partial charge in [0.05, 0.1) is 36.4 Å². The summed E-state index contributed by atoms with van der Waals surface area (Å²) in [7, 11) is 0. The summed E-state index contributed by atoms with van der Waals surface area (Å²) in [5.41, 5.74) is 5.10. The Bertz CT molecular complexity index is 1180. The van der Waals surface area contributed by atoms with Crippen LogP contribution in [0.15, 0.2) is 81.0 Å². The summed E-state index contributed by atoms with van der Waals surface area (Å²) >= 11 is 3.45. The van der Waals surface area contributed by atoms with Gasteiger partial charge in [0, 0.05) is 27.4 Å². The van der Waals surface area contributed by atoms with Gasteiger partial charge in [-0.3, -0.25) is 4.40 Å². The first-order valence-corrected chi connectivity index (χ1v) is 8.66. The van der Waals surface area contributed by atoms with Crippen LogP contribution in [-0.4, -0.2) is 19.6 Å². The highest BCUT2D eigenvalue weighted by Crippen LogP contribution is 2.32. The van der Waals surface area contributed by atoms with Crippen molar-refractivity contribution in [3.05, 3.63) is 72.1 Å². The van der Waals surface area contributed by atoms with E-state index in [4.69, 9.17) is 8.83 Å². The van der Waals surface area contributed by atoms with Gasteiger partial charge in [-0.25, -0.2) is 4.98 Å². The highest BCUT2D eigenvalue weighted by atomic mass is 79.9. The van der Waals surface area contributed by atoms with Crippen molar-refractivity contribution < 1.29 is 8.83 Å². The molecule has 0 amide bonds. The van der Waals surface area contributed by atoms with E-state index >= 15 is 0 Å². The Balaban J connectivity index is 1.78. The molecule has 0 saturated heterocycles. The van der Waals surface area contributed by atoms with Crippen LogP contribution in [0.3, 0.4) is 0 Å². The number of furan rings is 2. The second-order valence-corrected chi connectivity index (χ2v) is 6.64. The molecule has 0 bridgehead atoms. The van der Waals surface area contributed by atoms with Crippen LogP contribution in [-0.2, 0) is 0 Å². The van der Waals surface area contributed by atoms with Crippen molar-refractivity contribution in [2.75, 3.05) is 0 Å². The number of rotatable bonds is 3. The average Bonchev–Trinajstić information content (AvgIpc) is 3.41. The first-order valence-electron chi connectivity index (χ1n) is 7.86. The van der Waals surface area contributed by atoms with E-state index in [2.05, 4.69) is 31.1 Å². The van der Waals surface area contributed by atoms with Crippen LogP contribution in [0.25, 0.3) is 39.5 Å². The standard InChI is InChI=1S/C19H11BrN4O2/c20-15-3-1-12(2-4-15)16-9-24-18(14-6-8-26-11-14)17(13-5-7-25-10-13)22-23-19(24)21-16/h1-11H. The van der Waals surface area contributed by atoms with Crippen LogP contribution in [0.1, 0.15) is 0 Å². The van der Waals surface area contributed by atoms with Crippen LogP contribution in [0, 0.1) is 0 Å². The molecule has 7 heteroatoms. The topological polar surface area (TPSA) is 69.4 Å². The fourth-order valence-electron chi connectivity index (χ4n) is 2.89. The zero-order valence-electron chi connectivity index (χ0n) is 13.3. The van der Waals surface area contributed by atoms with Crippen molar-refractivity contribution in [1.82, 2.24) is 19.6 Å². The Labute approximate surface area is 156 Å². The van der Waals surface area contributed by atoms with E-state index in [0.717, 1.165) is 32.6 Å². The van der Waals surface area contributed by atoms with Crippen LogP contribution < -0.4 is 0 Å². The quantitative estimate of drug-likeness (QED) is 0.418. The minimum absolute atomic E-state index is 0.520. The van der Waals surface area contributed by atoms with Gasteiger partial charge in [0.2, 0.25) is 0 Å². The highest BCUT2D eigenvalue weighted by Gasteiger charge is 2.18. The van der Waals surface area contributed by atoms with Gasteiger partial charge < -0.3 is 8.83 Å². The second-order valence-electron chi connectivity index (χ2n) is 5.72. The lowest BCUT2D eigenvalue weighted by Gasteiger charge is -2.06. The molecule has 0 aliphatic rings. The highest BCUT2D eigenvalue weighted by molar-refractivity contribution is 9.10. The van der Waals surface area contributed by atoms with E-state index < -0.39 is 0 Å². The molecule has 0 atom stereocenters. The Morgan fingerprint density at radius 2 is 1.54 bits per heavy atom. The van der Waals surface area contributed by atoms with Gasteiger partial charge in [-0.05, 0) is 24.3 Å². The third kappa shape index (κ3) is 2.44. The minimum Gasteiger partial charge on any atom is -0.472 e. The summed E-state index contributed by atoms with van der Waals surface area (Å²) in [4.78, 5) is 4.63. The molecular weight excluding hydrogens is 396 g/mol. The molecule has 1 aromatic carbocycles. The smallest absolute Gasteiger partial charge is 0.254 e. The number of nitrogens with zero attached hydrogens (tertiary/aromatic N) is 4. The number of benzene rings is 1. The summed E-state index contributed by atoms with van der Waals surface area (Å²) in [5, 5.41) is 8.68. The molecular formula is C19H11BrN4O2. The molecule has 26 heavy (non-hydrogen) atoms. The summed E-state index contributed by atoms with van der Waals surface area (Å²) in [6.45, 7) is 0. The normalized spacial score (nSPS) is 11.3. The van der Waals surface area contributed by atoms with Gasteiger partial charge in [-0.15, -0.1) is 10.2 Å². The van der Waals surface area contributed by atoms with E-state index in [9.17, 15) is 0 Å². The second kappa shape index (κ2) is 5.96. The number of aromatic nitrogens is 4. The zero-order chi connectivity index (χ0) is 17.5. The fraction of sp³-hybridized carbons (Fsp3) is 0. The molecule has 0 fully saturated rings. The molecule has 5 rings (SSSR count). The molecule has 5 aromatic rings. The van der Waals surface area contributed by atoms with Gasteiger partial charge in [0.1, 0.15) is 5.69 Å². The molecule has 6 nitrogen and oxygen atoms in total. The predicted octanol–water partition coefficient (Wildman–Crippen LogP) is 5.07. The van der Waals surface area contributed by atoms with Crippen molar-refractivity contribution in [3.63, 3.8) is 0 Å². The van der Waals surface area contributed by atoms with E-state index in [1.54, 1.807) is 25.1 Å².